The lowest BCUT2D eigenvalue weighted by Crippen LogP contribution is -2.46. The topological polar surface area (TPSA) is 37.4 Å². The molecule has 2 unspecified atom stereocenters. The molecular formula is C16H21N3O. The van der Waals surface area contributed by atoms with Crippen LogP contribution >= 0.6 is 0 Å². The van der Waals surface area contributed by atoms with Crippen LogP contribution in [0.15, 0.2) is 36.5 Å². The van der Waals surface area contributed by atoms with Crippen LogP contribution in [0.5, 0.6) is 0 Å². The van der Waals surface area contributed by atoms with Gasteiger partial charge in [0.25, 0.3) is 0 Å². The number of ether oxygens (including phenoxy) is 1. The lowest BCUT2D eigenvalue weighted by Gasteiger charge is -2.35. The summed E-state index contributed by atoms with van der Waals surface area (Å²) < 4.78 is 5.94. The molecule has 0 bridgehead atoms. The zero-order valence-electron chi connectivity index (χ0n) is 12.0. The Morgan fingerprint density at radius 1 is 1.40 bits per heavy atom. The Morgan fingerprint density at radius 3 is 3.10 bits per heavy atom. The minimum atomic E-state index is 0.180. The van der Waals surface area contributed by atoms with Gasteiger partial charge in [0.2, 0.25) is 0 Å². The van der Waals surface area contributed by atoms with Gasteiger partial charge < -0.3 is 15.0 Å². The van der Waals surface area contributed by atoms with Gasteiger partial charge in [0.15, 0.2) is 0 Å². The van der Waals surface area contributed by atoms with Crippen molar-refractivity contribution >= 4 is 10.9 Å². The fraction of sp³-hybridized carbons (Fsp3) is 0.438. The zero-order valence-corrected chi connectivity index (χ0v) is 12.0. The van der Waals surface area contributed by atoms with E-state index in [1.54, 1.807) is 0 Å². The molecule has 106 valence electrons. The highest BCUT2D eigenvalue weighted by molar-refractivity contribution is 5.79. The normalized spacial score (nSPS) is 22.0. The van der Waals surface area contributed by atoms with Gasteiger partial charge in [-0.2, -0.15) is 0 Å². The minimum Gasteiger partial charge on any atom is -0.374 e. The van der Waals surface area contributed by atoms with Gasteiger partial charge in [0.1, 0.15) is 0 Å². The highest BCUT2D eigenvalue weighted by Gasteiger charge is 2.27. The van der Waals surface area contributed by atoms with Gasteiger partial charge in [0, 0.05) is 24.7 Å². The molecule has 4 nitrogen and oxygen atoms in total. The second-order valence-electron chi connectivity index (χ2n) is 5.39. The van der Waals surface area contributed by atoms with E-state index in [-0.39, 0.29) is 12.1 Å². The van der Waals surface area contributed by atoms with Crippen LogP contribution in [0.3, 0.4) is 0 Å². The van der Waals surface area contributed by atoms with Gasteiger partial charge in [-0.25, -0.2) is 0 Å². The van der Waals surface area contributed by atoms with E-state index in [0.717, 1.165) is 25.2 Å². The van der Waals surface area contributed by atoms with Crippen molar-refractivity contribution in [3.05, 3.63) is 42.1 Å². The van der Waals surface area contributed by atoms with Crippen molar-refractivity contribution in [3.8, 4) is 0 Å². The third-order valence-corrected chi connectivity index (χ3v) is 3.97. The van der Waals surface area contributed by atoms with E-state index in [2.05, 4.69) is 46.5 Å². The van der Waals surface area contributed by atoms with Crippen molar-refractivity contribution < 1.29 is 4.74 Å². The zero-order chi connectivity index (χ0) is 13.9. The molecule has 3 rings (SSSR count). The monoisotopic (exact) mass is 271 g/mol. The summed E-state index contributed by atoms with van der Waals surface area (Å²) in [5, 5.41) is 4.57. The molecule has 0 spiro atoms. The molecule has 4 heteroatoms. The van der Waals surface area contributed by atoms with E-state index in [1.807, 2.05) is 19.3 Å². The van der Waals surface area contributed by atoms with Crippen LogP contribution in [0.2, 0.25) is 0 Å². The molecule has 2 aromatic rings. The van der Waals surface area contributed by atoms with E-state index >= 15 is 0 Å². The Morgan fingerprint density at radius 2 is 2.30 bits per heavy atom. The Labute approximate surface area is 119 Å². The lowest BCUT2D eigenvalue weighted by atomic mass is 9.99. The van der Waals surface area contributed by atoms with E-state index in [9.17, 15) is 0 Å². The minimum absolute atomic E-state index is 0.180. The molecule has 1 fully saturated rings. The third-order valence-electron chi connectivity index (χ3n) is 3.97. The summed E-state index contributed by atoms with van der Waals surface area (Å²) in [4.78, 5) is 6.76. The Kier molecular flexibility index (Phi) is 3.96. The molecule has 1 aromatic carbocycles. The number of hydrogen-bond donors (Lipinski definition) is 1. The quantitative estimate of drug-likeness (QED) is 0.924. The van der Waals surface area contributed by atoms with Crippen molar-refractivity contribution in [2.75, 3.05) is 33.8 Å². The molecule has 2 atom stereocenters. The Balaban J connectivity index is 1.90. The van der Waals surface area contributed by atoms with Crippen LogP contribution in [-0.2, 0) is 4.74 Å². The summed E-state index contributed by atoms with van der Waals surface area (Å²) >= 11 is 0. The molecule has 20 heavy (non-hydrogen) atoms. The number of fused-ring (bicyclic) bond motifs is 1. The predicted molar refractivity (Wildman–Crippen MR) is 80.8 cm³/mol. The van der Waals surface area contributed by atoms with Gasteiger partial charge in [-0.05, 0) is 31.8 Å². The van der Waals surface area contributed by atoms with Crippen LogP contribution in [-0.4, -0.2) is 49.8 Å². The van der Waals surface area contributed by atoms with Crippen molar-refractivity contribution in [1.29, 1.82) is 0 Å². The predicted octanol–water partition coefficient (Wildman–Crippen LogP) is 1.83. The molecule has 0 aliphatic carbocycles. The molecule has 1 aliphatic rings. The molecule has 0 amide bonds. The van der Waals surface area contributed by atoms with Gasteiger partial charge in [-0.15, -0.1) is 0 Å². The van der Waals surface area contributed by atoms with Crippen molar-refractivity contribution in [2.45, 2.75) is 12.1 Å². The van der Waals surface area contributed by atoms with Crippen LogP contribution in [0, 0.1) is 0 Å². The molecule has 0 saturated carbocycles. The molecule has 2 heterocycles. The molecule has 0 radical (unpaired) electrons. The van der Waals surface area contributed by atoms with Crippen LogP contribution < -0.4 is 5.32 Å². The van der Waals surface area contributed by atoms with Gasteiger partial charge >= 0.3 is 0 Å². The fourth-order valence-electron chi connectivity index (χ4n) is 2.86. The summed E-state index contributed by atoms with van der Waals surface area (Å²) in [5.74, 6) is 0. The highest BCUT2D eigenvalue weighted by atomic mass is 16.5. The van der Waals surface area contributed by atoms with E-state index in [0.29, 0.717) is 0 Å². The number of rotatable bonds is 3. The van der Waals surface area contributed by atoms with Crippen LogP contribution in [0.1, 0.15) is 11.6 Å². The van der Waals surface area contributed by atoms with Crippen molar-refractivity contribution in [1.82, 2.24) is 15.2 Å². The SMILES string of the molecule is CNC(c1ccc2cccnc2c1)C1CN(C)CCO1. The van der Waals surface area contributed by atoms with Crippen LogP contribution in [0.25, 0.3) is 10.9 Å². The first-order valence-corrected chi connectivity index (χ1v) is 7.10. The average Bonchev–Trinajstić information content (AvgIpc) is 2.48. The number of pyridine rings is 1. The highest BCUT2D eigenvalue weighted by Crippen LogP contribution is 2.24. The maximum Gasteiger partial charge on any atom is 0.0896 e. The molecule has 1 aliphatic heterocycles. The van der Waals surface area contributed by atoms with Crippen LogP contribution in [0.4, 0.5) is 0 Å². The largest absolute Gasteiger partial charge is 0.374 e. The average molecular weight is 271 g/mol. The number of nitrogens with zero attached hydrogens (tertiary/aromatic N) is 2. The summed E-state index contributed by atoms with van der Waals surface area (Å²) in [6.07, 6.45) is 2.02. The third kappa shape index (κ3) is 2.68. The first-order chi connectivity index (χ1) is 9.78. The summed E-state index contributed by atoms with van der Waals surface area (Å²) in [7, 11) is 4.13. The summed E-state index contributed by atoms with van der Waals surface area (Å²) in [6, 6.07) is 10.7. The first kappa shape index (κ1) is 13.5. The Hall–Kier alpha value is -1.49. The lowest BCUT2D eigenvalue weighted by molar-refractivity contribution is -0.0380. The number of benzene rings is 1. The van der Waals surface area contributed by atoms with Crippen molar-refractivity contribution in [3.63, 3.8) is 0 Å². The number of likely N-dealkylation sites (N-methyl/N-ethyl adjacent to an activating group) is 2. The maximum atomic E-state index is 5.94. The van der Waals surface area contributed by atoms with E-state index in [1.165, 1.54) is 10.9 Å². The molecule has 1 N–H and O–H groups in total. The number of aromatic nitrogens is 1. The first-order valence-electron chi connectivity index (χ1n) is 7.10. The fourth-order valence-corrected chi connectivity index (χ4v) is 2.86. The molecule has 1 aromatic heterocycles. The molecule has 1 saturated heterocycles. The second-order valence-corrected chi connectivity index (χ2v) is 5.39. The number of morpholine rings is 1. The van der Waals surface area contributed by atoms with Gasteiger partial charge in [-0.3, -0.25) is 4.98 Å². The second kappa shape index (κ2) is 5.87. The summed E-state index contributed by atoms with van der Waals surface area (Å²) in [6.45, 7) is 2.75. The van der Waals surface area contributed by atoms with Gasteiger partial charge in [0.05, 0.1) is 24.3 Å². The van der Waals surface area contributed by atoms with E-state index in [4.69, 9.17) is 4.74 Å². The van der Waals surface area contributed by atoms with Gasteiger partial charge in [-0.1, -0.05) is 18.2 Å². The number of nitrogens with one attached hydrogen (secondary N) is 1. The van der Waals surface area contributed by atoms with Crippen molar-refractivity contribution in [2.24, 2.45) is 0 Å². The summed E-state index contributed by atoms with van der Waals surface area (Å²) in [5.41, 5.74) is 2.27. The number of hydrogen-bond acceptors (Lipinski definition) is 4. The molecular weight excluding hydrogens is 250 g/mol. The smallest absolute Gasteiger partial charge is 0.0896 e. The maximum absolute atomic E-state index is 5.94. The Bertz CT molecular complexity index is 587. The standard InChI is InChI=1S/C16H21N3O/c1-17-16(15-11-19(2)8-9-20-15)13-6-5-12-4-3-7-18-14(12)10-13/h3-7,10,15-17H,8-9,11H2,1-2H3. The van der Waals surface area contributed by atoms with E-state index < -0.39 is 0 Å².